The second kappa shape index (κ2) is 2.19. The van der Waals surface area contributed by atoms with Crippen molar-refractivity contribution in [1.82, 2.24) is 9.78 Å². The highest BCUT2D eigenvalue weighted by Crippen LogP contribution is 2.06. The van der Waals surface area contributed by atoms with Gasteiger partial charge in [0.05, 0.1) is 0 Å². The van der Waals surface area contributed by atoms with Gasteiger partial charge in [-0.1, -0.05) is 0 Å². The monoisotopic (exact) mass is 123 g/mol. The Labute approximate surface area is 51.5 Å². The molecule has 0 amide bonds. The van der Waals surface area contributed by atoms with Crippen molar-refractivity contribution >= 4 is 5.82 Å². The number of aryl methyl sites for hydroxylation is 1. The van der Waals surface area contributed by atoms with Crippen molar-refractivity contribution in [2.24, 2.45) is 12.2 Å². The molecule has 5 nitrogen and oxygen atoms in total. The Morgan fingerprint density at radius 2 is 2.67 bits per heavy atom. The van der Waals surface area contributed by atoms with Gasteiger partial charge in [0.25, 0.3) is 0 Å². The van der Waals surface area contributed by atoms with E-state index in [-0.39, 0.29) is 0 Å². The fourth-order valence-corrected chi connectivity index (χ4v) is 0.511. The molecule has 0 aliphatic heterocycles. The maximum atomic E-state index is 7.98. The van der Waals surface area contributed by atoms with Gasteiger partial charge in [0.15, 0.2) is 0 Å². The van der Waals surface area contributed by atoms with Crippen molar-refractivity contribution in [3.05, 3.63) is 22.7 Å². The minimum absolute atomic E-state index is 0.525. The van der Waals surface area contributed by atoms with E-state index >= 15 is 0 Å². The number of azide groups is 1. The summed E-state index contributed by atoms with van der Waals surface area (Å²) in [6, 6.07) is 1.64. The van der Waals surface area contributed by atoms with Crippen LogP contribution < -0.4 is 0 Å². The molecule has 1 heterocycles. The minimum Gasteiger partial charge on any atom is -0.266 e. The largest absolute Gasteiger partial charge is 0.266 e. The molecule has 1 rings (SSSR count). The third-order valence-electron chi connectivity index (χ3n) is 0.942. The lowest BCUT2D eigenvalue weighted by Gasteiger charge is -1.87. The zero-order chi connectivity index (χ0) is 6.69. The average molecular weight is 123 g/mol. The molecule has 0 atom stereocenters. The molecule has 5 heteroatoms. The molecule has 1 aromatic rings. The van der Waals surface area contributed by atoms with Gasteiger partial charge in [0, 0.05) is 18.2 Å². The van der Waals surface area contributed by atoms with Crippen molar-refractivity contribution in [3.63, 3.8) is 0 Å². The van der Waals surface area contributed by atoms with Crippen LogP contribution >= 0.6 is 0 Å². The van der Waals surface area contributed by atoms with Gasteiger partial charge in [-0.15, -0.1) is 0 Å². The van der Waals surface area contributed by atoms with Crippen LogP contribution in [0.4, 0.5) is 5.82 Å². The number of nitrogens with zero attached hydrogens (tertiary/aromatic N) is 5. The highest BCUT2D eigenvalue weighted by Gasteiger charge is 1.89. The molecule has 1 aromatic heterocycles. The topological polar surface area (TPSA) is 66.6 Å². The molecule has 0 saturated heterocycles. The van der Waals surface area contributed by atoms with Gasteiger partial charge >= 0.3 is 0 Å². The Balaban J connectivity index is 3.07. The van der Waals surface area contributed by atoms with E-state index in [1.54, 1.807) is 19.3 Å². The fraction of sp³-hybridized carbons (Fsp3) is 0.250. The zero-order valence-corrected chi connectivity index (χ0v) is 4.89. The highest BCUT2D eigenvalue weighted by molar-refractivity contribution is 5.24. The van der Waals surface area contributed by atoms with Gasteiger partial charge in [0.2, 0.25) is 0 Å². The summed E-state index contributed by atoms with van der Waals surface area (Å²) in [7, 11) is 1.71. The van der Waals surface area contributed by atoms with Crippen molar-refractivity contribution in [2.75, 3.05) is 0 Å². The quantitative estimate of drug-likeness (QED) is 0.316. The van der Waals surface area contributed by atoms with E-state index in [9.17, 15) is 0 Å². The first-order valence-corrected chi connectivity index (χ1v) is 2.37. The smallest absolute Gasteiger partial charge is 0.124 e. The Kier molecular flexibility index (Phi) is 1.38. The molecule has 0 unspecified atom stereocenters. The third kappa shape index (κ3) is 1.00. The van der Waals surface area contributed by atoms with Crippen LogP contribution in [-0.2, 0) is 7.05 Å². The van der Waals surface area contributed by atoms with Crippen LogP contribution in [0.5, 0.6) is 0 Å². The summed E-state index contributed by atoms with van der Waals surface area (Å²) in [5, 5.41) is 7.13. The van der Waals surface area contributed by atoms with E-state index in [4.69, 9.17) is 5.53 Å². The predicted octanol–water partition coefficient (Wildman–Crippen LogP) is 1.36. The molecule has 0 radical (unpaired) electrons. The van der Waals surface area contributed by atoms with Crippen LogP contribution in [0.2, 0.25) is 0 Å². The molecule has 9 heavy (non-hydrogen) atoms. The lowest BCUT2D eigenvalue weighted by Crippen LogP contribution is -1.86. The molecular formula is C4H5N5. The summed E-state index contributed by atoms with van der Waals surface area (Å²) in [5.74, 6) is 0.525. The van der Waals surface area contributed by atoms with Crippen LogP contribution in [0.25, 0.3) is 10.4 Å². The maximum absolute atomic E-state index is 7.98. The van der Waals surface area contributed by atoms with E-state index < -0.39 is 0 Å². The highest BCUT2D eigenvalue weighted by atomic mass is 15.3. The van der Waals surface area contributed by atoms with Crippen LogP contribution in [0.1, 0.15) is 0 Å². The zero-order valence-electron chi connectivity index (χ0n) is 4.89. The molecule has 0 fully saturated rings. The van der Waals surface area contributed by atoms with Crippen LogP contribution in [0, 0.1) is 0 Å². The van der Waals surface area contributed by atoms with Gasteiger partial charge < -0.3 is 0 Å². The predicted molar refractivity (Wildman–Crippen MR) is 32.0 cm³/mol. The molecule has 46 valence electrons. The van der Waals surface area contributed by atoms with Gasteiger partial charge in [-0.05, 0) is 16.7 Å². The lowest BCUT2D eigenvalue weighted by molar-refractivity contribution is 0.769. The molecule has 0 aliphatic carbocycles. The Morgan fingerprint density at radius 1 is 1.89 bits per heavy atom. The van der Waals surface area contributed by atoms with Crippen molar-refractivity contribution in [3.8, 4) is 0 Å². The van der Waals surface area contributed by atoms with E-state index in [1.165, 1.54) is 4.68 Å². The number of rotatable bonds is 1. The third-order valence-corrected chi connectivity index (χ3v) is 0.942. The number of hydrogen-bond acceptors (Lipinski definition) is 2. The summed E-state index contributed by atoms with van der Waals surface area (Å²) in [5.41, 5.74) is 7.98. The van der Waals surface area contributed by atoms with Gasteiger partial charge in [0.1, 0.15) is 5.82 Å². The molecule has 0 N–H and O–H groups in total. The molecule has 0 aliphatic rings. The maximum Gasteiger partial charge on any atom is 0.124 e. The number of aromatic nitrogens is 2. The molecule has 0 saturated carbocycles. The van der Waals surface area contributed by atoms with Crippen LogP contribution in [-0.4, -0.2) is 9.78 Å². The average Bonchev–Trinajstić information content (AvgIpc) is 2.18. The molecule has 0 spiro atoms. The summed E-state index contributed by atoms with van der Waals surface area (Å²) < 4.78 is 1.50. The second-order valence-corrected chi connectivity index (χ2v) is 1.50. The van der Waals surface area contributed by atoms with Crippen LogP contribution in [0.3, 0.4) is 0 Å². The summed E-state index contributed by atoms with van der Waals surface area (Å²) >= 11 is 0. The summed E-state index contributed by atoms with van der Waals surface area (Å²) in [6.07, 6.45) is 1.57. The van der Waals surface area contributed by atoms with Crippen molar-refractivity contribution < 1.29 is 0 Å². The molecular weight excluding hydrogens is 118 g/mol. The normalized spacial score (nSPS) is 8.56. The fourth-order valence-electron chi connectivity index (χ4n) is 0.511. The van der Waals surface area contributed by atoms with Crippen LogP contribution in [0.15, 0.2) is 17.4 Å². The molecule has 0 aromatic carbocycles. The molecule has 0 bridgehead atoms. The number of hydrogen-bond donors (Lipinski definition) is 0. The summed E-state index contributed by atoms with van der Waals surface area (Å²) in [6.45, 7) is 0. The lowest BCUT2D eigenvalue weighted by atomic mass is 10.7. The van der Waals surface area contributed by atoms with Gasteiger partial charge in [-0.2, -0.15) is 5.10 Å². The standard InChI is InChI=1S/C4H5N5/c1-9-4(7-8-5)2-3-6-9/h2-3H,1H3. The summed E-state index contributed by atoms with van der Waals surface area (Å²) in [4.78, 5) is 2.60. The SMILES string of the molecule is Cn1nccc1N=[N+]=[N-]. The Hall–Kier alpha value is -1.48. The first-order chi connectivity index (χ1) is 4.34. The van der Waals surface area contributed by atoms with Gasteiger partial charge in [-0.3, -0.25) is 4.68 Å². The van der Waals surface area contributed by atoms with E-state index in [0.29, 0.717) is 5.82 Å². The first kappa shape index (κ1) is 5.65. The Morgan fingerprint density at radius 3 is 3.11 bits per heavy atom. The van der Waals surface area contributed by atoms with E-state index in [0.717, 1.165) is 0 Å². The van der Waals surface area contributed by atoms with Crippen molar-refractivity contribution in [2.45, 2.75) is 0 Å². The second-order valence-electron chi connectivity index (χ2n) is 1.50. The van der Waals surface area contributed by atoms with E-state index in [1.807, 2.05) is 0 Å². The Bertz CT molecular complexity index is 243. The van der Waals surface area contributed by atoms with Gasteiger partial charge in [-0.25, -0.2) is 0 Å². The first-order valence-electron chi connectivity index (χ1n) is 2.37. The van der Waals surface area contributed by atoms with E-state index in [2.05, 4.69) is 15.1 Å². The van der Waals surface area contributed by atoms with Crippen molar-refractivity contribution in [1.29, 1.82) is 0 Å². The minimum atomic E-state index is 0.525.